The summed E-state index contributed by atoms with van der Waals surface area (Å²) in [6, 6.07) is 16.3. The molecule has 4 heterocycles. The molecule has 1 N–H and O–H groups in total. The maximum absolute atomic E-state index is 14.1. The van der Waals surface area contributed by atoms with Gasteiger partial charge >= 0.3 is 5.69 Å². The molecule has 1 amide bonds. The Hall–Kier alpha value is -6.05. The van der Waals surface area contributed by atoms with Crippen molar-refractivity contribution in [3.05, 3.63) is 112 Å². The number of oxazole rings is 1. The molecule has 2 aromatic carbocycles. The highest BCUT2D eigenvalue weighted by atomic mass is 19.3. The molecule has 0 radical (unpaired) electrons. The first-order valence-electron chi connectivity index (χ1n) is 19.6. The summed E-state index contributed by atoms with van der Waals surface area (Å²) >= 11 is 0. The maximum Gasteiger partial charge on any atom is 0.329 e. The van der Waals surface area contributed by atoms with Crippen molar-refractivity contribution in [2.45, 2.75) is 89.5 Å². The topological polar surface area (TPSA) is 147 Å². The molecule has 4 aromatic heterocycles. The third-order valence-electron chi connectivity index (χ3n) is 11.1. The van der Waals surface area contributed by atoms with E-state index in [4.69, 9.17) is 4.42 Å². The van der Waals surface area contributed by atoms with Gasteiger partial charge in [0.15, 0.2) is 17.2 Å². The quantitative estimate of drug-likeness (QED) is 0.0818. The molecular formula is C43H43F2N7O5. The summed E-state index contributed by atoms with van der Waals surface area (Å²) in [6.45, 7) is 0. The normalized spacial score (nSPS) is 15.9. The van der Waals surface area contributed by atoms with Gasteiger partial charge < -0.3 is 9.73 Å². The number of aromatic nitrogens is 6. The monoisotopic (exact) mass is 775 g/mol. The van der Waals surface area contributed by atoms with E-state index < -0.39 is 24.1 Å². The Kier molecular flexibility index (Phi) is 10.8. The first-order valence-corrected chi connectivity index (χ1v) is 19.6. The molecule has 8 rings (SSSR count). The van der Waals surface area contributed by atoms with E-state index in [1.54, 1.807) is 40.6 Å². The van der Waals surface area contributed by atoms with Crippen LogP contribution in [0.25, 0.3) is 28.2 Å². The fourth-order valence-corrected chi connectivity index (χ4v) is 7.77. The number of hydrogen-bond acceptors (Lipinski definition) is 8. The Morgan fingerprint density at radius 3 is 2.56 bits per heavy atom. The van der Waals surface area contributed by atoms with E-state index in [1.165, 1.54) is 30.0 Å². The number of Topliss-reactive ketones (excluding diaryl/α,β-unsaturated/α-hetero) is 2. The number of pyridine rings is 1. The van der Waals surface area contributed by atoms with Gasteiger partial charge in [0.1, 0.15) is 12.0 Å². The first-order chi connectivity index (χ1) is 27.6. The molecule has 0 bridgehead atoms. The zero-order chi connectivity index (χ0) is 39.6. The van der Waals surface area contributed by atoms with E-state index >= 15 is 0 Å². The Labute approximate surface area is 326 Å². The van der Waals surface area contributed by atoms with E-state index in [0.717, 1.165) is 78.7 Å². The Morgan fingerprint density at radius 1 is 0.982 bits per heavy atom. The van der Waals surface area contributed by atoms with Crippen LogP contribution in [-0.4, -0.2) is 46.4 Å². The highest BCUT2D eigenvalue weighted by Gasteiger charge is 2.32. The molecule has 0 spiro atoms. The van der Waals surface area contributed by atoms with Gasteiger partial charge in [0.05, 0.1) is 41.1 Å². The number of alkyl halides is 2. The molecule has 6 aromatic rings. The van der Waals surface area contributed by atoms with Crippen molar-refractivity contribution in [3.63, 3.8) is 0 Å². The van der Waals surface area contributed by atoms with Crippen LogP contribution in [0.2, 0.25) is 0 Å². The predicted octanol–water partition coefficient (Wildman–Crippen LogP) is 7.93. The molecule has 14 heteroatoms. The maximum atomic E-state index is 14.1. The number of nitrogens with zero attached hydrogens (tertiary/aromatic N) is 6. The number of ketones is 2. The lowest BCUT2D eigenvalue weighted by Gasteiger charge is -2.21. The van der Waals surface area contributed by atoms with E-state index in [9.17, 15) is 28.0 Å². The zero-order valence-corrected chi connectivity index (χ0v) is 31.6. The van der Waals surface area contributed by atoms with Gasteiger partial charge in [-0.15, -0.1) is 0 Å². The Balaban J connectivity index is 0.861. The van der Waals surface area contributed by atoms with Crippen LogP contribution >= 0.6 is 0 Å². The standard InChI is InChI=1S/C43H43F2N7O5/c1-50-39-28(8-5-9-36(39)52(43(50)56)35-19-18-32(53)23-37(35)54)7-4-2-3-6-26-13-16-31(17-14-26)51-24-33(38(49-51)40(44)45)47-41(55)34-25-57-42(48-34)29-20-21-46-30(22-29)15-12-27-10-11-27/h5,8-9,13-14,16-17,20-22,24-25,27,35,40H,2-4,6-7,10-12,15,18-19,23H2,1H3,(H,47,55). The minimum atomic E-state index is -2.93. The van der Waals surface area contributed by atoms with E-state index in [0.29, 0.717) is 24.1 Å². The average molecular weight is 776 g/mol. The van der Waals surface area contributed by atoms with E-state index in [1.807, 2.05) is 36.4 Å². The Morgan fingerprint density at radius 2 is 1.79 bits per heavy atom. The minimum absolute atomic E-state index is 0.0487. The van der Waals surface area contributed by atoms with Crippen molar-refractivity contribution in [3.8, 4) is 17.1 Å². The summed E-state index contributed by atoms with van der Waals surface area (Å²) in [6.07, 6.45) is 10.6. The number of fused-ring (bicyclic) bond motifs is 1. The lowest BCUT2D eigenvalue weighted by Crippen LogP contribution is -2.34. The number of hydrogen-bond donors (Lipinski definition) is 1. The molecule has 1 unspecified atom stereocenters. The number of carbonyl (C=O) groups excluding carboxylic acids is 3. The van der Waals surface area contributed by atoms with Gasteiger partial charge in [-0.3, -0.25) is 28.5 Å². The third-order valence-corrected chi connectivity index (χ3v) is 11.1. The number of rotatable bonds is 15. The van der Waals surface area contributed by atoms with Crippen LogP contribution < -0.4 is 11.0 Å². The number of benzene rings is 2. The number of amides is 1. The fourth-order valence-electron chi connectivity index (χ4n) is 7.77. The van der Waals surface area contributed by atoms with Crippen molar-refractivity contribution in [1.82, 2.24) is 28.9 Å². The van der Waals surface area contributed by atoms with Crippen molar-refractivity contribution in [2.24, 2.45) is 13.0 Å². The Bertz CT molecular complexity index is 2510. The fraction of sp³-hybridized carbons (Fsp3) is 0.372. The number of carbonyl (C=O) groups is 3. The number of unbranched alkanes of at least 4 members (excludes halogenated alkanes) is 2. The summed E-state index contributed by atoms with van der Waals surface area (Å²) in [4.78, 5) is 59.6. The van der Waals surface area contributed by atoms with Gasteiger partial charge in [-0.2, -0.15) is 5.10 Å². The van der Waals surface area contributed by atoms with Crippen LogP contribution in [0.15, 0.2) is 82.5 Å². The molecule has 2 aliphatic carbocycles. The molecule has 294 valence electrons. The van der Waals surface area contributed by atoms with Gasteiger partial charge in [0.2, 0.25) is 5.89 Å². The average Bonchev–Trinajstić information content (AvgIpc) is 3.61. The molecule has 1 atom stereocenters. The molecule has 0 saturated heterocycles. The van der Waals surface area contributed by atoms with Crippen LogP contribution in [0, 0.1) is 5.92 Å². The number of para-hydroxylation sites is 1. The summed E-state index contributed by atoms with van der Waals surface area (Å²) in [5, 5.41) is 6.62. The highest BCUT2D eigenvalue weighted by molar-refractivity contribution is 6.04. The van der Waals surface area contributed by atoms with Crippen LogP contribution in [0.1, 0.15) is 103 Å². The summed E-state index contributed by atoms with van der Waals surface area (Å²) in [5.41, 5.74) is 4.85. The highest BCUT2D eigenvalue weighted by Crippen LogP contribution is 2.34. The van der Waals surface area contributed by atoms with Crippen LogP contribution in [0.5, 0.6) is 0 Å². The van der Waals surface area contributed by atoms with Gasteiger partial charge in [-0.25, -0.2) is 23.2 Å². The van der Waals surface area contributed by atoms with E-state index in [-0.39, 0.29) is 40.9 Å². The number of halogens is 2. The number of nitrogens with one attached hydrogen (secondary N) is 1. The van der Waals surface area contributed by atoms with Gasteiger partial charge in [-0.1, -0.05) is 43.5 Å². The lowest BCUT2D eigenvalue weighted by atomic mass is 9.92. The third kappa shape index (κ3) is 8.25. The molecule has 2 fully saturated rings. The van der Waals surface area contributed by atoms with Gasteiger partial charge in [0.25, 0.3) is 12.3 Å². The van der Waals surface area contributed by atoms with E-state index in [2.05, 4.69) is 20.4 Å². The largest absolute Gasteiger partial charge is 0.444 e. The summed E-state index contributed by atoms with van der Waals surface area (Å²) < 4.78 is 38.2. The smallest absolute Gasteiger partial charge is 0.329 e. The molecular weight excluding hydrogens is 733 g/mol. The van der Waals surface area contributed by atoms with Crippen molar-refractivity contribution in [2.75, 3.05) is 5.32 Å². The second-order valence-corrected chi connectivity index (χ2v) is 15.1. The van der Waals surface area contributed by atoms with Crippen molar-refractivity contribution >= 4 is 34.2 Å². The predicted molar refractivity (Wildman–Crippen MR) is 209 cm³/mol. The molecule has 12 nitrogen and oxygen atoms in total. The van der Waals surface area contributed by atoms with Crippen LogP contribution in [0.3, 0.4) is 0 Å². The zero-order valence-electron chi connectivity index (χ0n) is 31.6. The van der Waals surface area contributed by atoms with Crippen LogP contribution in [0.4, 0.5) is 14.5 Å². The summed E-state index contributed by atoms with van der Waals surface area (Å²) in [7, 11) is 1.73. The second kappa shape index (κ2) is 16.2. The van der Waals surface area contributed by atoms with Gasteiger partial charge in [-0.05, 0) is 92.3 Å². The van der Waals surface area contributed by atoms with Crippen molar-refractivity contribution < 1.29 is 27.6 Å². The summed E-state index contributed by atoms with van der Waals surface area (Å²) in [5.74, 6) is 0.0377. The molecule has 2 aliphatic rings. The lowest BCUT2D eigenvalue weighted by molar-refractivity contribution is -0.132. The minimum Gasteiger partial charge on any atom is -0.444 e. The van der Waals surface area contributed by atoms with Crippen molar-refractivity contribution in [1.29, 1.82) is 0 Å². The molecule has 0 aliphatic heterocycles. The number of anilines is 1. The van der Waals surface area contributed by atoms with Gasteiger partial charge in [0, 0.05) is 30.9 Å². The second-order valence-electron chi connectivity index (χ2n) is 15.1. The van der Waals surface area contributed by atoms with Crippen LogP contribution in [-0.2, 0) is 35.9 Å². The molecule has 57 heavy (non-hydrogen) atoms. The molecule has 2 saturated carbocycles. The number of aryl methyl sites for hydroxylation is 4. The first kappa shape index (κ1) is 37.9. The SMILES string of the molecule is Cn1c(=O)n(C2CCC(=O)CC2=O)c2cccc(CCCCCc3ccc(-n4cc(NC(=O)c5coc(-c6ccnc(CCC7CC7)c6)n5)c(C(F)F)n4)cc3)c21. The number of imidazole rings is 1.